The molecule has 2 rings (SSSR count). The molecule has 0 bridgehead atoms. The third-order valence-corrected chi connectivity index (χ3v) is 3.99. The zero-order valence-corrected chi connectivity index (χ0v) is 13.2. The van der Waals surface area contributed by atoms with Gasteiger partial charge in [0.05, 0.1) is 0 Å². The summed E-state index contributed by atoms with van der Waals surface area (Å²) in [7, 11) is 0. The molecule has 0 aromatic carbocycles. The van der Waals surface area contributed by atoms with E-state index in [-0.39, 0.29) is 5.41 Å². The topological polar surface area (TPSA) is 75.9 Å². The van der Waals surface area contributed by atoms with Gasteiger partial charge in [-0.25, -0.2) is 15.8 Å². The number of anilines is 2. The highest BCUT2D eigenvalue weighted by Crippen LogP contribution is 2.30. The Morgan fingerprint density at radius 3 is 2.30 bits per heavy atom. The van der Waals surface area contributed by atoms with Crippen LogP contribution in [0.2, 0.25) is 0 Å². The first-order chi connectivity index (χ1) is 9.31. The normalized spacial score (nSPS) is 22.9. The fourth-order valence-electron chi connectivity index (χ4n) is 2.66. The van der Waals surface area contributed by atoms with E-state index in [9.17, 15) is 0 Å². The number of nitrogens with two attached hydrogens (primary N) is 1. The molecule has 2 atom stereocenters. The molecule has 1 aromatic heterocycles. The number of nitrogen functional groups attached to an aromatic ring is 1. The molecule has 2 unspecified atom stereocenters. The van der Waals surface area contributed by atoms with Crippen LogP contribution in [0, 0.1) is 12.8 Å². The lowest BCUT2D eigenvalue weighted by Crippen LogP contribution is -2.24. The van der Waals surface area contributed by atoms with Gasteiger partial charge in [-0.15, -0.1) is 0 Å². The van der Waals surface area contributed by atoms with Gasteiger partial charge in [-0.05, 0) is 32.1 Å². The van der Waals surface area contributed by atoms with E-state index >= 15 is 0 Å². The smallest absolute Gasteiger partial charge is 0.148 e. The van der Waals surface area contributed by atoms with Crippen LogP contribution in [0.1, 0.15) is 58.3 Å². The molecule has 0 radical (unpaired) electrons. The SMILES string of the molecule is Cc1c(NN)nc(C(C)(C)C)nc1NC1CCC(C)C1. The molecule has 1 saturated carbocycles. The van der Waals surface area contributed by atoms with Crippen LogP contribution in [-0.4, -0.2) is 16.0 Å². The van der Waals surface area contributed by atoms with E-state index in [2.05, 4.69) is 43.4 Å². The van der Waals surface area contributed by atoms with Crippen LogP contribution < -0.4 is 16.6 Å². The largest absolute Gasteiger partial charge is 0.367 e. The zero-order chi connectivity index (χ0) is 14.9. The van der Waals surface area contributed by atoms with Crippen LogP contribution in [0.3, 0.4) is 0 Å². The molecule has 5 nitrogen and oxygen atoms in total. The Kier molecular flexibility index (Phi) is 4.18. The van der Waals surface area contributed by atoms with E-state index in [0.29, 0.717) is 11.9 Å². The summed E-state index contributed by atoms with van der Waals surface area (Å²) in [6.07, 6.45) is 3.70. The molecule has 4 N–H and O–H groups in total. The average molecular weight is 277 g/mol. The van der Waals surface area contributed by atoms with Crippen molar-refractivity contribution in [1.29, 1.82) is 0 Å². The first-order valence-corrected chi connectivity index (χ1v) is 7.43. The third-order valence-electron chi connectivity index (χ3n) is 3.99. The van der Waals surface area contributed by atoms with Crippen LogP contribution in [0.15, 0.2) is 0 Å². The van der Waals surface area contributed by atoms with Gasteiger partial charge in [0, 0.05) is 17.0 Å². The van der Waals surface area contributed by atoms with Crippen LogP contribution in [0.4, 0.5) is 11.6 Å². The Morgan fingerprint density at radius 2 is 1.80 bits per heavy atom. The molecule has 0 aliphatic heterocycles. The average Bonchev–Trinajstić information content (AvgIpc) is 2.76. The Labute approximate surface area is 121 Å². The van der Waals surface area contributed by atoms with E-state index < -0.39 is 0 Å². The second-order valence-corrected chi connectivity index (χ2v) is 7.02. The highest BCUT2D eigenvalue weighted by molar-refractivity contribution is 5.57. The Hall–Kier alpha value is -1.36. The molecule has 0 amide bonds. The number of nitrogens with one attached hydrogen (secondary N) is 2. The molecular formula is C15H27N5. The van der Waals surface area contributed by atoms with E-state index in [1.807, 2.05) is 6.92 Å². The Morgan fingerprint density at radius 1 is 1.15 bits per heavy atom. The van der Waals surface area contributed by atoms with Gasteiger partial charge in [0.25, 0.3) is 0 Å². The highest BCUT2D eigenvalue weighted by Gasteiger charge is 2.25. The first-order valence-electron chi connectivity index (χ1n) is 7.43. The van der Waals surface area contributed by atoms with Crippen molar-refractivity contribution < 1.29 is 0 Å². The van der Waals surface area contributed by atoms with Crippen LogP contribution >= 0.6 is 0 Å². The van der Waals surface area contributed by atoms with E-state index in [0.717, 1.165) is 23.1 Å². The van der Waals surface area contributed by atoms with Crippen LogP contribution in [0.25, 0.3) is 0 Å². The lowest BCUT2D eigenvalue weighted by atomic mass is 9.95. The summed E-state index contributed by atoms with van der Waals surface area (Å²) in [6.45, 7) is 10.6. The van der Waals surface area contributed by atoms with E-state index in [4.69, 9.17) is 10.8 Å². The summed E-state index contributed by atoms with van der Waals surface area (Å²) in [5, 5.41) is 3.58. The van der Waals surface area contributed by atoms with Gasteiger partial charge in [-0.2, -0.15) is 0 Å². The van der Waals surface area contributed by atoms with Crippen molar-refractivity contribution in [3.8, 4) is 0 Å². The van der Waals surface area contributed by atoms with Gasteiger partial charge >= 0.3 is 0 Å². The van der Waals surface area contributed by atoms with Gasteiger partial charge in [0.1, 0.15) is 17.5 Å². The summed E-state index contributed by atoms with van der Waals surface area (Å²) in [5.41, 5.74) is 3.58. The predicted molar refractivity (Wildman–Crippen MR) is 83.7 cm³/mol. The lowest BCUT2D eigenvalue weighted by molar-refractivity contribution is 0.545. The number of hydrogen-bond acceptors (Lipinski definition) is 5. The zero-order valence-electron chi connectivity index (χ0n) is 13.2. The Balaban J connectivity index is 2.31. The minimum Gasteiger partial charge on any atom is -0.367 e. The summed E-state index contributed by atoms with van der Waals surface area (Å²) < 4.78 is 0. The lowest BCUT2D eigenvalue weighted by Gasteiger charge is -2.22. The molecule has 0 saturated heterocycles. The second-order valence-electron chi connectivity index (χ2n) is 7.02. The van der Waals surface area contributed by atoms with Gasteiger partial charge in [-0.3, -0.25) is 0 Å². The van der Waals surface area contributed by atoms with Crippen molar-refractivity contribution in [2.45, 2.75) is 65.3 Å². The van der Waals surface area contributed by atoms with Crippen LogP contribution in [0.5, 0.6) is 0 Å². The van der Waals surface area contributed by atoms with Crippen molar-refractivity contribution in [1.82, 2.24) is 9.97 Å². The summed E-state index contributed by atoms with van der Waals surface area (Å²) in [5.74, 6) is 8.82. The molecule has 1 heterocycles. The molecular weight excluding hydrogens is 250 g/mol. The second kappa shape index (κ2) is 5.56. The van der Waals surface area contributed by atoms with Gasteiger partial charge in [0.15, 0.2) is 0 Å². The minimum absolute atomic E-state index is 0.0985. The maximum atomic E-state index is 5.59. The molecule has 5 heteroatoms. The fraction of sp³-hybridized carbons (Fsp3) is 0.733. The molecule has 1 aromatic rings. The molecule has 1 fully saturated rings. The summed E-state index contributed by atoms with van der Waals surface area (Å²) >= 11 is 0. The third kappa shape index (κ3) is 3.20. The van der Waals surface area contributed by atoms with Crippen LogP contribution in [-0.2, 0) is 5.41 Å². The minimum atomic E-state index is -0.0985. The van der Waals surface area contributed by atoms with E-state index in [1.54, 1.807) is 0 Å². The summed E-state index contributed by atoms with van der Waals surface area (Å²) in [6, 6.07) is 0.511. The van der Waals surface area contributed by atoms with E-state index in [1.165, 1.54) is 19.3 Å². The number of nitrogens with zero attached hydrogens (tertiary/aromatic N) is 2. The molecule has 0 spiro atoms. The molecule has 1 aliphatic rings. The van der Waals surface area contributed by atoms with Gasteiger partial charge in [-0.1, -0.05) is 27.7 Å². The quantitative estimate of drug-likeness (QED) is 0.585. The molecule has 112 valence electrons. The van der Waals surface area contributed by atoms with Crippen molar-refractivity contribution in [2.24, 2.45) is 11.8 Å². The number of hydrazine groups is 1. The Bertz CT molecular complexity index is 478. The molecule has 20 heavy (non-hydrogen) atoms. The van der Waals surface area contributed by atoms with Crippen molar-refractivity contribution in [3.05, 3.63) is 11.4 Å². The molecule has 1 aliphatic carbocycles. The summed E-state index contributed by atoms with van der Waals surface area (Å²) in [4.78, 5) is 9.25. The van der Waals surface area contributed by atoms with Crippen molar-refractivity contribution in [2.75, 3.05) is 10.7 Å². The number of hydrogen-bond donors (Lipinski definition) is 3. The van der Waals surface area contributed by atoms with Gasteiger partial charge < -0.3 is 10.7 Å². The monoisotopic (exact) mass is 277 g/mol. The van der Waals surface area contributed by atoms with Crippen molar-refractivity contribution in [3.63, 3.8) is 0 Å². The highest BCUT2D eigenvalue weighted by atomic mass is 15.3. The fourth-order valence-corrected chi connectivity index (χ4v) is 2.66. The van der Waals surface area contributed by atoms with Crippen molar-refractivity contribution >= 4 is 11.6 Å². The maximum Gasteiger partial charge on any atom is 0.148 e. The van der Waals surface area contributed by atoms with Gasteiger partial charge in [0.2, 0.25) is 0 Å². The number of rotatable bonds is 3. The maximum absolute atomic E-state index is 5.59. The first kappa shape index (κ1) is 15.0. The standard InChI is InChI=1S/C15H27N5/c1-9-6-7-11(8-9)17-12-10(2)13(20-16)19-14(18-12)15(3,4)5/h9,11H,6-8,16H2,1-5H3,(H2,17,18,19,20). The predicted octanol–water partition coefficient (Wildman–Crippen LogP) is 2.97. The number of aromatic nitrogens is 2.